The lowest BCUT2D eigenvalue weighted by Crippen LogP contribution is -1.87. The van der Waals surface area contributed by atoms with Crippen LogP contribution in [0, 0.1) is 11.3 Å². The van der Waals surface area contributed by atoms with Gasteiger partial charge in [-0.05, 0) is 24.3 Å². The molecule has 0 fully saturated rings. The Balaban J connectivity index is 2.93. The second-order valence-corrected chi connectivity index (χ2v) is 1.80. The number of hydrogen-bond acceptors (Lipinski definition) is 3. The average molecular weight is 134 g/mol. The summed E-state index contributed by atoms with van der Waals surface area (Å²) < 4.78 is 0. The van der Waals surface area contributed by atoms with Crippen molar-refractivity contribution in [3.63, 3.8) is 0 Å². The molecule has 0 radical (unpaired) electrons. The Morgan fingerprint density at radius 3 is 2.30 bits per heavy atom. The highest BCUT2D eigenvalue weighted by Crippen LogP contribution is 2.06. The number of nitrogens with zero attached hydrogens (tertiary/aromatic N) is 1. The third-order valence-corrected chi connectivity index (χ3v) is 1.14. The predicted molar refractivity (Wildman–Crippen MR) is 36.6 cm³/mol. The van der Waals surface area contributed by atoms with E-state index < -0.39 is 0 Å². The third kappa shape index (κ3) is 1.24. The highest BCUT2D eigenvalue weighted by atomic mass is 16.5. The first-order valence-electron chi connectivity index (χ1n) is 2.77. The van der Waals surface area contributed by atoms with Crippen LogP contribution in [0.3, 0.4) is 0 Å². The number of hydrogen-bond donors (Lipinski definition) is 2. The third-order valence-electron chi connectivity index (χ3n) is 1.14. The van der Waals surface area contributed by atoms with Crippen molar-refractivity contribution in [1.29, 1.82) is 5.26 Å². The molecule has 0 bridgehead atoms. The molecule has 0 spiro atoms. The largest absolute Gasteiger partial charge is 0.291 e. The maximum atomic E-state index is 8.37. The van der Waals surface area contributed by atoms with Crippen molar-refractivity contribution in [2.45, 2.75) is 0 Å². The molecule has 0 aliphatic carbocycles. The Morgan fingerprint density at radius 1 is 1.30 bits per heavy atom. The Morgan fingerprint density at radius 2 is 1.90 bits per heavy atom. The van der Waals surface area contributed by atoms with E-state index in [0.717, 1.165) is 0 Å². The van der Waals surface area contributed by atoms with E-state index in [-0.39, 0.29) is 0 Å². The number of nitriles is 1. The molecule has 3 nitrogen and oxygen atoms in total. The molecule has 0 saturated carbocycles. The summed E-state index contributed by atoms with van der Waals surface area (Å²) >= 11 is 0. The normalized spacial score (nSPS) is 8.40. The number of benzene rings is 1. The number of rotatable bonds is 1. The molecule has 2 N–H and O–H groups in total. The van der Waals surface area contributed by atoms with Crippen LogP contribution in [0.4, 0.5) is 5.69 Å². The minimum atomic E-state index is 0.582. The predicted octanol–water partition coefficient (Wildman–Crippen LogP) is 1.36. The van der Waals surface area contributed by atoms with E-state index in [0.29, 0.717) is 11.3 Å². The summed E-state index contributed by atoms with van der Waals surface area (Å²) in [5, 5.41) is 16.7. The van der Waals surface area contributed by atoms with Gasteiger partial charge in [0.05, 0.1) is 17.3 Å². The van der Waals surface area contributed by atoms with Crippen LogP contribution in [0.15, 0.2) is 24.3 Å². The van der Waals surface area contributed by atoms with Crippen molar-refractivity contribution >= 4 is 5.69 Å². The van der Waals surface area contributed by atoms with Crippen molar-refractivity contribution in [2.75, 3.05) is 5.48 Å². The van der Waals surface area contributed by atoms with Gasteiger partial charge in [-0.2, -0.15) is 5.26 Å². The van der Waals surface area contributed by atoms with E-state index in [1.807, 2.05) is 11.5 Å². The van der Waals surface area contributed by atoms with E-state index in [2.05, 4.69) is 0 Å². The van der Waals surface area contributed by atoms with Crippen LogP contribution in [0.2, 0.25) is 0 Å². The molecule has 1 rings (SSSR count). The van der Waals surface area contributed by atoms with Crippen LogP contribution in [-0.4, -0.2) is 5.21 Å². The molecule has 1 aromatic carbocycles. The van der Waals surface area contributed by atoms with E-state index in [4.69, 9.17) is 10.5 Å². The molecule has 50 valence electrons. The average Bonchev–Trinajstić information content (AvgIpc) is 2.05. The molecule has 0 aromatic heterocycles. The monoisotopic (exact) mass is 134 g/mol. The summed E-state index contributed by atoms with van der Waals surface area (Å²) in [4.78, 5) is 0. The van der Waals surface area contributed by atoms with Crippen molar-refractivity contribution in [3.05, 3.63) is 29.8 Å². The fourth-order valence-corrected chi connectivity index (χ4v) is 0.619. The standard InChI is InChI=1S/C7H6N2O/c8-5-6-1-3-7(9-10)4-2-6/h1-4,9-10H. The lowest BCUT2D eigenvalue weighted by Gasteiger charge is -1.95. The Bertz CT molecular complexity index is 247. The van der Waals surface area contributed by atoms with Gasteiger partial charge < -0.3 is 0 Å². The van der Waals surface area contributed by atoms with Crippen molar-refractivity contribution < 1.29 is 5.21 Å². The second kappa shape index (κ2) is 2.85. The van der Waals surface area contributed by atoms with Gasteiger partial charge >= 0.3 is 0 Å². The summed E-state index contributed by atoms with van der Waals surface area (Å²) in [6.07, 6.45) is 0. The minimum absolute atomic E-state index is 0.582. The van der Waals surface area contributed by atoms with Gasteiger partial charge in [-0.3, -0.25) is 10.7 Å². The molecular weight excluding hydrogens is 128 g/mol. The first kappa shape index (κ1) is 6.59. The van der Waals surface area contributed by atoms with E-state index >= 15 is 0 Å². The fraction of sp³-hybridized carbons (Fsp3) is 0. The van der Waals surface area contributed by atoms with Crippen LogP contribution in [0.1, 0.15) is 5.56 Å². The molecular formula is C7H6N2O. The van der Waals surface area contributed by atoms with Crippen LogP contribution >= 0.6 is 0 Å². The molecule has 0 aliphatic rings. The zero-order chi connectivity index (χ0) is 7.40. The zero-order valence-corrected chi connectivity index (χ0v) is 5.20. The van der Waals surface area contributed by atoms with Gasteiger partial charge in [-0.25, -0.2) is 0 Å². The summed E-state index contributed by atoms with van der Waals surface area (Å²) in [5.74, 6) is 0. The zero-order valence-electron chi connectivity index (χ0n) is 5.20. The lowest BCUT2D eigenvalue weighted by molar-refractivity contribution is 0.389. The highest BCUT2D eigenvalue weighted by molar-refractivity contribution is 5.45. The second-order valence-electron chi connectivity index (χ2n) is 1.80. The first-order chi connectivity index (χ1) is 4.86. The number of anilines is 1. The maximum Gasteiger partial charge on any atom is 0.0991 e. The van der Waals surface area contributed by atoms with Crippen LogP contribution in [0.25, 0.3) is 0 Å². The van der Waals surface area contributed by atoms with Crippen molar-refractivity contribution in [2.24, 2.45) is 0 Å². The first-order valence-corrected chi connectivity index (χ1v) is 2.77. The molecule has 0 amide bonds. The Labute approximate surface area is 58.5 Å². The van der Waals surface area contributed by atoms with Gasteiger partial charge in [0, 0.05) is 0 Å². The van der Waals surface area contributed by atoms with Gasteiger partial charge in [-0.1, -0.05) is 0 Å². The molecule has 1 aromatic rings. The van der Waals surface area contributed by atoms with Crippen LogP contribution in [0.5, 0.6) is 0 Å². The van der Waals surface area contributed by atoms with Gasteiger partial charge in [0.25, 0.3) is 0 Å². The van der Waals surface area contributed by atoms with Gasteiger partial charge in [0.15, 0.2) is 0 Å². The van der Waals surface area contributed by atoms with Gasteiger partial charge in [0.2, 0.25) is 0 Å². The van der Waals surface area contributed by atoms with E-state index in [1.54, 1.807) is 24.3 Å². The Hall–Kier alpha value is -1.53. The molecule has 0 aliphatic heterocycles. The summed E-state index contributed by atoms with van der Waals surface area (Å²) in [6.45, 7) is 0. The van der Waals surface area contributed by atoms with Gasteiger partial charge in [0.1, 0.15) is 0 Å². The molecule has 0 atom stereocenters. The van der Waals surface area contributed by atoms with Crippen LogP contribution in [-0.2, 0) is 0 Å². The quantitative estimate of drug-likeness (QED) is 0.570. The van der Waals surface area contributed by atoms with E-state index in [1.165, 1.54) is 0 Å². The highest BCUT2D eigenvalue weighted by Gasteiger charge is 1.88. The van der Waals surface area contributed by atoms with Crippen molar-refractivity contribution in [3.8, 4) is 6.07 Å². The molecule has 3 heteroatoms. The van der Waals surface area contributed by atoms with Crippen LogP contribution < -0.4 is 5.48 Å². The Kier molecular flexibility index (Phi) is 1.88. The molecule has 0 heterocycles. The molecule has 10 heavy (non-hydrogen) atoms. The fourth-order valence-electron chi connectivity index (χ4n) is 0.619. The maximum absolute atomic E-state index is 8.37. The summed E-state index contributed by atoms with van der Waals surface area (Å²) in [5.41, 5.74) is 3.13. The van der Waals surface area contributed by atoms with E-state index in [9.17, 15) is 0 Å². The SMILES string of the molecule is N#Cc1ccc(NO)cc1. The number of nitrogens with one attached hydrogen (secondary N) is 1. The topological polar surface area (TPSA) is 56.0 Å². The molecule has 0 saturated heterocycles. The van der Waals surface area contributed by atoms with Gasteiger partial charge in [-0.15, -0.1) is 0 Å². The lowest BCUT2D eigenvalue weighted by atomic mass is 10.2. The minimum Gasteiger partial charge on any atom is -0.291 e. The smallest absolute Gasteiger partial charge is 0.0991 e. The van der Waals surface area contributed by atoms with Crippen molar-refractivity contribution in [1.82, 2.24) is 0 Å². The molecule has 0 unspecified atom stereocenters. The summed E-state index contributed by atoms with van der Waals surface area (Å²) in [6, 6.07) is 8.46. The summed E-state index contributed by atoms with van der Waals surface area (Å²) in [7, 11) is 0.